The Bertz CT molecular complexity index is 197. The summed E-state index contributed by atoms with van der Waals surface area (Å²) >= 11 is 0. The van der Waals surface area contributed by atoms with Crippen LogP contribution in [0.25, 0.3) is 0 Å². The van der Waals surface area contributed by atoms with Crippen LogP contribution in [0.2, 0.25) is 0 Å². The summed E-state index contributed by atoms with van der Waals surface area (Å²) in [5.41, 5.74) is 0. The molecule has 0 spiro atoms. The van der Waals surface area contributed by atoms with Gasteiger partial charge >= 0.3 is 0 Å². The number of ether oxygens (including phenoxy) is 1. The van der Waals surface area contributed by atoms with Gasteiger partial charge in [-0.3, -0.25) is 0 Å². The number of para-hydroxylation sites is 1. The Morgan fingerprint density at radius 2 is 1.77 bits per heavy atom. The summed E-state index contributed by atoms with van der Waals surface area (Å²) in [5.74, 6) is 0.980. The van der Waals surface area contributed by atoms with Crippen LogP contribution in [0.1, 0.15) is 26.2 Å². The highest BCUT2D eigenvalue weighted by atomic mass is 16.5. The zero-order valence-corrected chi connectivity index (χ0v) is 8.12. The lowest BCUT2D eigenvalue weighted by Crippen LogP contribution is -1.96. The highest BCUT2D eigenvalue weighted by Gasteiger charge is 1.89. The van der Waals surface area contributed by atoms with E-state index >= 15 is 0 Å². The van der Waals surface area contributed by atoms with Crippen LogP contribution in [0.4, 0.5) is 0 Å². The molecule has 0 aliphatic rings. The first kappa shape index (κ1) is 12.0. The van der Waals surface area contributed by atoms with Gasteiger partial charge in [-0.15, -0.1) is 0 Å². The predicted octanol–water partition coefficient (Wildman–Crippen LogP) is 2.43. The first-order valence-corrected chi connectivity index (χ1v) is 4.61. The average molecular weight is 182 g/mol. The van der Waals surface area contributed by atoms with Crippen molar-refractivity contribution in [3.63, 3.8) is 0 Å². The fraction of sp³-hybridized carbons (Fsp3) is 0.455. The van der Waals surface area contributed by atoms with E-state index in [1.165, 1.54) is 12.8 Å². The third kappa shape index (κ3) is 5.26. The quantitative estimate of drug-likeness (QED) is 0.645. The second kappa shape index (κ2) is 7.62. The maximum Gasteiger partial charge on any atom is 0.119 e. The molecule has 13 heavy (non-hydrogen) atoms. The van der Waals surface area contributed by atoms with Crippen molar-refractivity contribution in [2.24, 2.45) is 0 Å². The van der Waals surface area contributed by atoms with E-state index < -0.39 is 0 Å². The second-order valence-electron chi connectivity index (χ2n) is 2.87. The van der Waals surface area contributed by atoms with Crippen LogP contribution in [-0.2, 0) is 0 Å². The van der Waals surface area contributed by atoms with E-state index in [9.17, 15) is 0 Å². The molecule has 0 saturated heterocycles. The van der Waals surface area contributed by atoms with Gasteiger partial charge in [0.1, 0.15) is 5.75 Å². The monoisotopic (exact) mass is 182 g/mol. The first-order valence-electron chi connectivity index (χ1n) is 4.61. The lowest BCUT2D eigenvalue weighted by molar-refractivity contribution is 0.306. The van der Waals surface area contributed by atoms with Gasteiger partial charge in [0.05, 0.1) is 6.61 Å². The van der Waals surface area contributed by atoms with E-state index in [0.29, 0.717) is 0 Å². The largest absolute Gasteiger partial charge is 0.494 e. The number of rotatable bonds is 5. The van der Waals surface area contributed by atoms with Crippen LogP contribution in [0.3, 0.4) is 0 Å². The SMILES string of the molecule is CCCCCOc1ccccc1.O. The van der Waals surface area contributed by atoms with E-state index in [1.54, 1.807) is 0 Å². The topological polar surface area (TPSA) is 40.7 Å². The van der Waals surface area contributed by atoms with Gasteiger partial charge in [0.2, 0.25) is 0 Å². The molecule has 0 radical (unpaired) electrons. The molecule has 0 aliphatic carbocycles. The molecular formula is C11H18O2. The standard InChI is InChI=1S/C11H16O.H2O/c1-2-3-7-10-12-11-8-5-4-6-9-11;/h4-6,8-9H,2-3,7,10H2,1H3;1H2. The Kier molecular flexibility index (Phi) is 7.02. The van der Waals surface area contributed by atoms with Gasteiger partial charge in [-0.05, 0) is 18.6 Å². The first-order chi connectivity index (χ1) is 5.93. The van der Waals surface area contributed by atoms with Gasteiger partial charge < -0.3 is 10.2 Å². The summed E-state index contributed by atoms with van der Waals surface area (Å²) in [7, 11) is 0. The van der Waals surface area contributed by atoms with Gasteiger partial charge in [0.25, 0.3) is 0 Å². The zero-order chi connectivity index (χ0) is 8.65. The van der Waals surface area contributed by atoms with E-state index in [2.05, 4.69) is 6.92 Å². The second-order valence-corrected chi connectivity index (χ2v) is 2.87. The molecule has 0 aliphatic heterocycles. The van der Waals surface area contributed by atoms with Crippen LogP contribution >= 0.6 is 0 Å². The number of hydrogen-bond acceptors (Lipinski definition) is 1. The molecule has 0 atom stereocenters. The molecule has 0 aromatic heterocycles. The smallest absolute Gasteiger partial charge is 0.119 e. The van der Waals surface area contributed by atoms with Crippen molar-refractivity contribution >= 4 is 0 Å². The number of unbranched alkanes of at least 4 members (excludes halogenated alkanes) is 2. The molecule has 2 N–H and O–H groups in total. The van der Waals surface area contributed by atoms with E-state index in [0.717, 1.165) is 18.8 Å². The van der Waals surface area contributed by atoms with Crippen molar-refractivity contribution in [3.8, 4) is 5.75 Å². The maximum atomic E-state index is 5.51. The van der Waals surface area contributed by atoms with Crippen LogP contribution in [0, 0.1) is 0 Å². The van der Waals surface area contributed by atoms with Gasteiger partial charge in [-0.25, -0.2) is 0 Å². The van der Waals surface area contributed by atoms with Crippen molar-refractivity contribution in [2.45, 2.75) is 26.2 Å². The molecule has 0 saturated carbocycles. The van der Waals surface area contributed by atoms with E-state index in [4.69, 9.17) is 4.74 Å². The molecule has 2 heteroatoms. The molecule has 0 bridgehead atoms. The highest BCUT2D eigenvalue weighted by Crippen LogP contribution is 2.08. The average Bonchev–Trinajstić information content (AvgIpc) is 2.14. The Morgan fingerprint density at radius 3 is 2.38 bits per heavy atom. The van der Waals surface area contributed by atoms with E-state index in [1.807, 2.05) is 30.3 Å². The minimum Gasteiger partial charge on any atom is -0.494 e. The van der Waals surface area contributed by atoms with Crippen molar-refractivity contribution in [1.29, 1.82) is 0 Å². The summed E-state index contributed by atoms with van der Waals surface area (Å²) in [4.78, 5) is 0. The van der Waals surface area contributed by atoms with Gasteiger partial charge in [-0.2, -0.15) is 0 Å². The Balaban J connectivity index is 0.00000144. The maximum absolute atomic E-state index is 5.51. The summed E-state index contributed by atoms with van der Waals surface area (Å²) in [6.45, 7) is 3.04. The highest BCUT2D eigenvalue weighted by molar-refractivity contribution is 5.20. The molecule has 0 fully saturated rings. The fourth-order valence-corrected chi connectivity index (χ4v) is 1.06. The molecule has 0 amide bonds. The van der Waals surface area contributed by atoms with Gasteiger partial charge in [0.15, 0.2) is 0 Å². The normalized spacial score (nSPS) is 9.00. The molecule has 1 aromatic rings. The zero-order valence-electron chi connectivity index (χ0n) is 8.12. The number of hydrogen-bond donors (Lipinski definition) is 0. The molecular weight excluding hydrogens is 164 g/mol. The third-order valence-electron chi connectivity index (χ3n) is 1.76. The van der Waals surface area contributed by atoms with Crippen molar-refractivity contribution in [3.05, 3.63) is 30.3 Å². The van der Waals surface area contributed by atoms with Crippen molar-refractivity contribution in [1.82, 2.24) is 0 Å². The fourth-order valence-electron chi connectivity index (χ4n) is 1.06. The molecule has 1 rings (SSSR count). The minimum absolute atomic E-state index is 0. The van der Waals surface area contributed by atoms with Crippen LogP contribution in [0.5, 0.6) is 5.75 Å². The summed E-state index contributed by atoms with van der Waals surface area (Å²) in [6, 6.07) is 9.97. The Hall–Kier alpha value is -1.02. The van der Waals surface area contributed by atoms with Crippen molar-refractivity contribution in [2.75, 3.05) is 6.61 Å². The van der Waals surface area contributed by atoms with Crippen LogP contribution < -0.4 is 4.74 Å². The molecule has 2 nitrogen and oxygen atoms in total. The van der Waals surface area contributed by atoms with Crippen LogP contribution in [-0.4, -0.2) is 12.1 Å². The van der Waals surface area contributed by atoms with Gasteiger partial charge in [-0.1, -0.05) is 38.0 Å². The van der Waals surface area contributed by atoms with Crippen LogP contribution in [0.15, 0.2) is 30.3 Å². The number of benzene rings is 1. The lowest BCUT2D eigenvalue weighted by Gasteiger charge is -2.04. The molecule has 0 heterocycles. The Labute approximate surface area is 79.9 Å². The Morgan fingerprint density at radius 1 is 1.08 bits per heavy atom. The predicted molar refractivity (Wildman–Crippen MR) is 55.1 cm³/mol. The van der Waals surface area contributed by atoms with Crippen molar-refractivity contribution < 1.29 is 10.2 Å². The minimum atomic E-state index is 0. The summed E-state index contributed by atoms with van der Waals surface area (Å²) in [6.07, 6.45) is 3.66. The molecule has 0 unspecified atom stereocenters. The molecule has 74 valence electrons. The summed E-state index contributed by atoms with van der Waals surface area (Å²) in [5, 5.41) is 0. The molecule has 1 aromatic carbocycles. The van der Waals surface area contributed by atoms with E-state index in [-0.39, 0.29) is 5.48 Å². The van der Waals surface area contributed by atoms with Gasteiger partial charge in [0, 0.05) is 0 Å². The third-order valence-corrected chi connectivity index (χ3v) is 1.76. The lowest BCUT2D eigenvalue weighted by atomic mass is 10.3. The summed E-state index contributed by atoms with van der Waals surface area (Å²) < 4.78 is 5.51.